The monoisotopic (exact) mass is 418 g/mol. The number of benzene rings is 1. The van der Waals surface area contributed by atoms with E-state index in [-0.39, 0.29) is 11.2 Å². The second-order valence-corrected chi connectivity index (χ2v) is 8.91. The number of rotatable bonds is 7. The van der Waals surface area contributed by atoms with Crippen LogP contribution in [0.1, 0.15) is 45.4 Å². The molecule has 1 aliphatic carbocycles. The van der Waals surface area contributed by atoms with Gasteiger partial charge in [0.15, 0.2) is 11.0 Å². The first-order valence-electron chi connectivity index (χ1n) is 9.85. The van der Waals surface area contributed by atoms with E-state index in [0.717, 1.165) is 24.2 Å². The number of carbonyl (C=O) groups excluding carboxylic acids is 1. The van der Waals surface area contributed by atoms with Crippen molar-refractivity contribution in [3.63, 3.8) is 0 Å². The Morgan fingerprint density at radius 3 is 2.61 bits per heavy atom. The average molecular weight is 419 g/mol. The van der Waals surface area contributed by atoms with Crippen molar-refractivity contribution in [2.45, 2.75) is 68.4 Å². The van der Waals surface area contributed by atoms with Crippen LogP contribution in [0.3, 0.4) is 0 Å². The van der Waals surface area contributed by atoms with Crippen LogP contribution in [0.15, 0.2) is 42.1 Å². The summed E-state index contributed by atoms with van der Waals surface area (Å²) in [5.41, 5.74) is 0.932. The smallest absolute Gasteiger partial charge is 0.233 e. The molecule has 1 aromatic carbocycles. The largest absolute Gasteiger partial charge is 0.352 e. The van der Waals surface area contributed by atoms with Crippen LogP contribution in [0.5, 0.6) is 0 Å². The van der Waals surface area contributed by atoms with Gasteiger partial charge < -0.3 is 5.32 Å². The van der Waals surface area contributed by atoms with Crippen molar-refractivity contribution in [1.29, 1.82) is 0 Å². The van der Waals surface area contributed by atoms with E-state index in [1.165, 1.54) is 37.4 Å². The molecule has 1 saturated carbocycles. The van der Waals surface area contributed by atoms with Gasteiger partial charge in [-0.3, -0.25) is 9.36 Å². The second-order valence-electron chi connectivity index (χ2n) is 7.17. The summed E-state index contributed by atoms with van der Waals surface area (Å²) in [7, 11) is 0. The number of hydrogen-bond acceptors (Lipinski definition) is 4. The minimum atomic E-state index is -0.242. The second kappa shape index (κ2) is 10.1. The number of carbonyl (C=O) groups is 1. The summed E-state index contributed by atoms with van der Waals surface area (Å²) < 4.78 is 1.98. The number of allylic oxidation sites excluding steroid dienone is 1. The Morgan fingerprint density at radius 2 is 1.96 bits per heavy atom. The Hall–Kier alpha value is -1.79. The zero-order valence-electron chi connectivity index (χ0n) is 16.2. The predicted octanol–water partition coefficient (Wildman–Crippen LogP) is 5.10. The van der Waals surface area contributed by atoms with Crippen molar-refractivity contribution in [2.24, 2.45) is 0 Å². The molecule has 3 rings (SSSR count). The van der Waals surface area contributed by atoms with Gasteiger partial charge in [-0.15, -0.1) is 16.8 Å². The van der Waals surface area contributed by atoms with E-state index >= 15 is 0 Å². The SMILES string of the molecule is C=CCn1c(S[C@@H](C)C(=O)NC2CCCCCC2)nnc1-c1ccc(Cl)cc1. The first-order chi connectivity index (χ1) is 13.6. The molecule has 28 heavy (non-hydrogen) atoms. The lowest BCUT2D eigenvalue weighted by Gasteiger charge is -2.19. The minimum absolute atomic E-state index is 0.0677. The van der Waals surface area contributed by atoms with E-state index in [2.05, 4.69) is 22.1 Å². The summed E-state index contributed by atoms with van der Waals surface area (Å²) in [5, 5.41) is 13.1. The minimum Gasteiger partial charge on any atom is -0.352 e. The summed E-state index contributed by atoms with van der Waals surface area (Å²) in [5.74, 6) is 0.813. The van der Waals surface area contributed by atoms with Crippen LogP contribution < -0.4 is 5.32 Å². The molecule has 7 heteroatoms. The molecule has 0 radical (unpaired) electrons. The summed E-state index contributed by atoms with van der Waals surface area (Å²) >= 11 is 7.43. The van der Waals surface area contributed by atoms with Crippen LogP contribution in [0.4, 0.5) is 0 Å². The molecule has 2 aromatic rings. The fourth-order valence-corrected chi connectivity index (χ4v) is 4.43. The van der Waals surface area contributed by atoms with Crippen LogP contribution in [-0.4, -0.2) is 32.0 Å². The molecule has 0 spiro atoms. The molecule has 5 nitrogen and oxygen atoms in total. The first-order valence-corrected chi connectivity index (χ1v) is 11.1. The normalized spacial score (nSPS) is 16.4. The lowest BCUT2D eigenvalue weighted by atomic mass is 10.1. The number of thioether (sulfide) groups is 1. The van der Waals surface area contributed by atoms with Crippen LogP contribution in [0.2, 0.25) is 5.02 Å². The van der Waals surface area contributed by atoms with Crippen molar-refractivity contribution >= 4 is 29.3 Å². The lowest BCUT2D eigenvalue weighted by Crippen LogP contribution is -2.39. The van der Waals surface area contributed by atoms with Gasteiger partial charge in [-0.1, -0.05) is 55.1 Å². The Balaban J connectivity index is 1.71. The summed E-state index contributed by atoms with van der Waals surface area (Å²) in [6.45, 7) is 6.34. The van der Waals surface area contributed by atoms with Gasteiger partial charge in [-0.25, -0.2) is 0 Å². The molecule has 1 aliphatic rings. The zero-order chi connectivity index (χ0) is 19.9. The highest BCUT2D eigenvalue weighted by molar-refractivity contribution is 8.00. The number of aromatic nitrogens is 3. The Bertz CT molecular complexity index is 797. The molecule has 0 aliphatic heterocycles. The standard InChI is InChI=1S/C21H27ClN4OS/c1-3-14-26-19(16-10-12-17(22)13-11-16)24-25-21(26)28-15(2)20(27)23-18-8-6-4-5-7-9-18/h3,10-13,15,18H,1,4-9,14H2,2H3,(H,23,27)/t15-/m0/s1. The maximum absolute atomic E-state index is 12.7. The molecule has 1 fully saturated rings. The maximum atomic E-state index is 12.7. The van der Waals surface area contributed by atoms with Gasteiger partial charge in [0, 0.05) is 23.2 Å². The molecule has 1 amide bonds. The third-order valence-electron chi connectivity index (χ3n) is 4.98. The van der Waals surface area contributed by atoms with Gasteiger partial charge in [0.2, 0.25) is 5.91 Å². The first kappa shape index (κ1) is 20.9. The van der Waals surface area contributed by atoms with Crippen molar-refractivity contribution < 1.29 is 4.79 Å². The molecule has 150 valence electrons. The van der Waals surface area contributed by atoms with E-state index in [1.807, 2.05) is 41.8 Å². The Kier molecular flexibility index (Phi) is 7.57. The highest BCUT2D eigenvalue weighted by Gasteiger charge is 2.23. The quantitative estimate of drug-likeness (QED) is 0.386. The zero-order valence-corrected chi connectivity index (χ0v) is 17.8. The van der Waals surface area contributed by atoms with Crippen LogP contribution in [-0.2, 0) is 11.3 Å². The summed E-state index contributed by atoms with van der Waals surface area (Å²) in [6, 6.07) is 7.80. The fraction of sp³-hybridized carbons (Fsp3) is 0.476. The number of hydrogen-bond donors (Lipinski definition) is 1. The predicted molar refractivity (Wildman–Crippen MR) is 116 cm³/mol. The molecule has 0 bridgehead atoms. The van der Waals surface area contributed by atoms with Gasteiger partial charge in [-0.2, -0.15) is 0 Å². The van der Waals surface area contributed by atoms with Gasteiger partial charge in [0.25, 0.3) is 0 Å². The third kappa shape index (κ3) is 5.39. The summed E-state index contributed by atoms with van der Waals surface area (Å²) in [6.07, 6.45) is 8.91. The number of halogens is 1. The van der Waals surface area contributed by atoms with Crippen molar-refractivity contribution in [1.82, 2.24) is 20.1 Å². The molecule has 1 N–H and O–H groups in total. The molecule has 0 saturated heterocycles. The molecular formula is C21H27ClN4OS. The van der Waals surface area contributed by atoms with Crippen molar-refractivity contribution in [3.8, 4) is 11.4 Å². The maximum Gasteiger partial charge on any atom is 0.233 e. The molecule has 1 atom stereocenters. The van der Waals surface area contributed by atoms with E-state index in [4.69, 9.17) is 11.6 Å². The highest BCUT2D eigenvalue weighted by atomic mass is 35.5. The van der Waals surface area contributed by atoms with Crippen LogP contribution >= 0.6 is 23.4 Å². The fourth-order valence-electron chi connectivity index (χ4n) is 3.44. The number of amides is 1. The highest BCUT2D eigenvalue weighted by Crippen LogP contribution is 2.28. The van der Waals surface area contributed by atoms with E-state index in [9.17, 15) is 4.79 Å². The average Bonchev–Trinajstić information content (AvgIpc) is 2.90. The Labute approximate surface area is 176 Å². The van der Waals surface area contributed by atoms with Gasteiger partial charge in [0.1, 0.15) is 0 Å². The molecular weight excluding hydrogens is 392 g/mol. The van der Waals surface area contributed by atoms with Crippen molar-refractivity contribution in [3.05, 3.63) is 41.9 Å². The van der Waals surface area contributed by atoms with Crippen molar-refractivity contribution in [2.75, 3.05) is 0 Å². The lowest BCUT2D eigenvalue weighted by molar-refractivity contribution is -0.121. The summed E-state index contributed by atoms with van der Waals surface area (Å²) in [4.78, 5) is 12.7. The van der Waals surface area contributed by atoms with Gasteiger partial charge in [0.05, 0.1) is 5.25 Å². The van der Waals surface area contributed by atoms with E-state index in [1.54, 1.807) is 0 Å². The van der Waals surface area contributed by atoms with E-state index < -0.39 is 0 Å². The van der Waals surface area contributed by atoms with Crippen LogP contribution in [0.25, 0.3) is 11.4 Å². The Morgan fingerprint density at radius 1 is 1.29 bits per heavy atom. The van der Waals surface area contributed by atoms with Gasteiger partial charge in [-0.05, 0) is 44.0 Å². The van der Waals surface area contributed by atoms with E-state index in [0.29, 0.717) is 22.8 Å². The molecule has 1 heterocycles. The molecule has 0 unspecified atom stereocenters. The topological polar surface area (TPSA) is 59.8 Å². The number of nitrogens with zero attached hydrogens (tertiary/aromatic N) is 3. The van der Waals surface area contributed by atoms with Crippen LogP contribution in [0, 0.1) is 0 Å². The third-order valence-corrected chi connectivity index (χ3v) is 6.32. The molecule has 1 aromatic heterocycles. The number of nitrogens with one attached hydrogen (secondary N) is 1. The van der Waals surface area contributed by atoms with Gasteiger partial charge >= 0.3 is 0 Å².